The molecule has 0 bridgehead atoms. The third kappa shape index (κ3) is 2.87. The summed E-state index contributed by atoms with van der Waals surface area (Å²) >= 11 is 0. The summed E-state index contributed by atoms with van der Waals surface area (Å²) in [6.07, 6.45) is -1.05. The summed E-state index contributed by atoms with van der Waals surface area (Å²) in [6.45, 7) is 1.64. The normalized spacial score (nSPS) is 12.4. The van der Waals surface area contributed by atoms with Gasteiger partial charge in [0.25, 0.3) is 0 Å². The van der Waals surface area contributed by atoms with Crippen LogP contribution in [0.5, 0.6) is 0 Å². The summed E-state index contributed by atoms with van der Waals surface area (Å²) < 4.78 is 0. The van der Waals surface area contributed by atoms with Crippen molar-refractivity contribution in [2.45, 2.75) is 20.0 Å². The lowest BCUT2D eigenvalue weighted by Crippen LogP contribution is -2.22. The van der Waals surface area contributed by atoms with Gasteiger partial charge in [0.2, 0.25) is 11.9 Å². The van der Waals surface area contributed by atoms with Crippen molar-refractivity contribution in [3.05, 3.63) is 41.1 Å². The maximum Gasteiger partial charge on any atom is 0.407 e. The minimum absolute atomic E-state index is 0.117. The molecular weight excluding hydrogens is 310 g/mol. The number of carboxylic acid groups (broad SMARTS) is 1. The molecule has 2 amide bonds. The zero-order valence-corrected chi connectivity index (χ0v) is 12.8. The smallest absolute Gasteiger partial charge is 0.407 e. The van der Waals surface area contributed by atoms with Crippen LogP contribution in [0.15, 0.2) is 24.3 Å². The average molecular weight is 323 g/mol. The lowest BCUT2D eigenvalue weighted by atomic mass is 10.0. The van der Waals surface area contributed by atoms with Gasteiger partial charge in [-0.2, -0.15) is 5.26 Å². The molecule has 3 rings (SSSR count). The van der Waals surface area contributed by atoms with Crippen molar-refractivity contribution >= 4 is 17.9 Å². The van der Waals surface area contributed by atoms with Crippen molar-refractivity contribution in [3.63, 3.8) is 0 Å². The van der Waals surface area contributed by atoms with Gasteiger partial charge in [0, 0.05) is 18.1 Å². The van der Waals surface area contributed by atoms with Gasteiger partial charge in [0.15, 0.2) is 0 Å². The van der Waals surface area contributed by atoms with E-state index in [0.29, 0.717) is 28.1 Å². The van der Waals surface area contributed by atoms with Crippen molar-refractivity contribution in [1.29, 1.82) is 5.26 Å². The number of nitrogens with zero attached hydrogens (tertiary/aromatic N) is 4. The van der Waals surface area contributed by atoms with Gasteiger partial charge in [-0.3, -0.25) is 15.0 Å². The number of rotatable bonds is 2. The number of fused-ring (bicyclic) bond motifs is 1. The SMILES string of the molecule is CC(=O)Nc1nc2c(c(-c3cccc(C#N)c3)n1)CN(C(=O)O)C2. The summed E-state index contributed by atoms with van der Waals surface area (Å²) in [5.74, 6) is -0.203. The maximum atomic E-state index is 11.3. The van der Waals surface area contributed by atoms with E-state index in [1.807, 2.05) is 0 Å². The van der Waals surface area contributed by atoms with Crippen molar-refractivity contribution in [1.82, 2.24) is 14.9 Å². The van der Waals surface area contributed by atoms with Crippen LogP contribution < -0.4 is 5.32 Å². The zero-order valence-electron chi connectivity index (χ0n) is 12.8. The van der Waals surface area contributed by atoms with E-state index in [9.17, 15) is 14.7 Å². The minimum Gasteiger partial charge on any atom is -0.465 e. The Morgan fingerprint density at radius 3 is 2.79 bits per heavy atom. The van der Waals surface area contributed by atoms with E-state index in [4.69, 9.17) is 5.26 Å². The first-order chi connectivity index (χ1) is 11.5. The van der Waals surface area contributed by atoms with E-state index in [0.717, 1.165) is 0 Å². The Morgan fingerprint density at radius 2 is 2.12 bits per heavy atom. The van der Waals surface area contributed by atoms with Crippen molar-refractivity contribution in [2.24, 2.45) is 0 Å². The second-order valence-corrected chi connectivity index (χ2v) is 5.33. The summed E-state index contributed by atoms with van der Waals surface area (Å²) in [7, 11) is 0. The van der Waals surface area contributed by atoms with Gasteiger partial charge in [0.1, 0.15) is 0 Å². The molecule has 120 valence electrons. The van der Waals surface area contributed by atoms with E-state index in [1.165, 1.54) is 11.8 Å². The Labute approximate surface area is 137 Å². The Balaban J connectivity index is 2.14. The first kappa shape index (κ1) is 15.4. The van der Waals surface area contributed by atoms with Gasteiger partial charge in [-0.25, -0.2) is 14.8 Å². The fourth-order valence-corrected chi connectivity index (χ4v) is 2.58. The number of nitriles is 1. The number of hydrogen-bond acceptors (Lipinski definition) is 5. The Kier molecular flexibility index (Phi) is 3.83. The Bertz CT molecular complexity index is 888. The van der Waals surface area contributed by atoms with Crippen LogP contribution in [0.2, 0.25) is 0 Å². The highest BCUT2D eigenvalue weighted by molar-refractivity contribution is 5.87. The van der Waals surface area contributed by atoms with Crippen molar-refractivity contribution in [3.8, 4) is 17.3 Å². The maximum absolute atomic E-state index is 11.3. The van der Waals surface area contributed by atoms with Crippen LogP contribution in [0.3, 0.4) is 0 Å². The van der Waals surface area contributed by atoms with E-state index in [1.54, 1.807) is 24.3 Å². The first-order valence-corrected chi connectivity index (χ1v) is 7.13. The van der Waals surface area contributed by atoms with Crippen LogP contribution in [0.25, 0.3) is 11.3 Å². The molecule has 0 radical (unpaired) electrons. The number of anilines is 1. The van der Waals surface area contributed by atoms with Gasteiger partial charge in [-0.1, -0.05) is 12.1 Å². The van der Waals surface area contributed by atoms with Crippen molar-refractivity contribution in [2.75, 3.05) is 5.32 Å². The number of carbonyl (C=O) groups excluding carboxylic acids is 1. The van der Waals surface area contributed by atoms with E-state index in [-0.39, 0.29) is 24.9 Å². The highest BCUT2D eigenvalue weighted by Gasteiger charge is 2.28. The fraction of sp³-hybridized carbons (Fsp3) is 0.188. The third-order valence-electron chi connectivity index (χ3n) is 3.61. The average Bonchev–Trinajstić information content (AvgIpc) is 2.98. The Morgan fingerprint density at radius 1 is 1.33 bits per heavy atom. The second kappa shape index (κ2) is 5.96. The highest BCUT2D eigenvalue weighted by Crippen LogP contribution is 2.31. The molecule has 8 nitrogen and oxygen atoms in total. The lowest BCUT2D eigenvalue weighted by Gasteiger charge is -2.10. The van der Waals surface area contributed by atoms with Gasteiger partial charge in [0.05, 0.1) is 36.1 Å². The fourth-order valence-electron chi connectivity index (χ4n) is 2.58. The quantitative estimate of drug-likeness (QED) is 0.872. The van der Waals surface area contributed by atoms with Gasteiger partial charge in [-0.15, -0.1) is 0 Å². The molecule has 2 heterocycles. The zero-order chi connectivity index (χ0) is 17.3. The van der Waals surface area contributed by atoms with E-state index in [2.05, 4.69) is 21.4 Å². The summed E-state index contributed by atoms with van der Waals surface area (Å²) in [6, 6.07) is 8.91. The van der Waals surface area contributed by atoms with E-state index < -0.39 is 6.09 Å². The molecule has 1 aromatic heterocycles. The largest absolute Gasteiger partial charge is 0.465 e. The number of aromatic nitrogens is 2. The standard InChI is InChI=1S/C16H13N5O3/c1-9(22)18-15-19-13-8-21(16(23)24)7-12(13)14(20-15)11-4-2-3-10(5-11)6-17/h2-5H,7-8H2,1H3,(H,23,24)(H,18,19,20,22). The number of benzene rings is 1. The molecule has 2 N–H and O–H groups in total. The minimum atomic E-state index is -1.05. The van der Waals surface area contributed by atoms with Crippen LogP contribution in [0.4, 0.5) is 10.7 Å². The molecular formula is C16H13N5O3. The first-order valence-electron chi connectivity index (χ1n) is 7.13. The molecule has 1 aromatic carbocycles. The second-order valence-electron chi connectivity index (χ2n) is 5.33. The third-order valence-corrected chi connectivity index (χ3v) is 3.61. The van der Waals surface area contributed by atoms with Gasteiger partial charge < -0.3 is 5.11 Å². The molecule has 1 aliphatic rings. The molecule has 0 unspecified atom stereocenters. The number of carbonyl (C=O) groups is 2. The topological polar surface area (TPSA) is 119 Å². The molecule has 1 aliphatic heterocycles. The number of amides is 2. The number of nitrogens with one attached hydrogen (secondary N) is 1. The van der Waals surface area contributed by atoms with Crippen LogP contribution in [0, 0.1) is 11.3 Å². The summed E-state index contributed by atoms with van der Waals surface area (Å²) in [5.41, 5.74) is 2.89. The van der Waals surface area contributed by atoms with Gasteiger partial charge in [-0.05, 0) is 12.1 Å². The van der Waals surface area contributed by atoms with Crippen LogP contribution in [0.1, 0.15) is 23.7 Å². The van der Waals surface area contributed by atoms with Crippen LogP contribution in [-0.4, -0.2) is 32.0 Å². The number of hydrogen-bond donors (Lipinski definition) is 2. The molecule has 2 aromatic rings. The van der Waals surface area contributed by atoms with Crippen LogP contribution >= 0.6 is 0 Å². The van der Waals surface area contributed by atoms with E-state index >= 15 is 0 Å². The molecule has 0 aliphatic carbocycles. The lowest BCUT2D eigenvalue weighted by molar-refractivity contribution is -0.114. The van der Waals surface area contributed by atoms with Gasteiger partial charge >= 0.3 is 6.09 Å². The predicted octanol–water partition coefficient (Wildman–Crippen LogP) is 1.97. The highest BCUT2D eigenvalue weighted by atomic mass is 16.4. The van der Waals surface area contributed by atoms with Crippen LogP contribution in [-0.2, 0) is 17.9 Å². The summed E-state index contributed by atoms with van der Waals surface area (Å²) in [5, 5.41) is 20.8. The molecule has 0 saturated heterocycles. The molecule has 0 saturated carbocycles. The molecule has 8 heteroatoms. The molecule has 24 heavy (non-hydrogen) atoms. The molecule has 0 spiro atoms. The molecule has 0 fully saturated rings. The Hall–Kier alpha value is -3.47. The monoisotopic (exact) mass is 323 g/mol. The van der Waals surface area contributed by atoms with Crippen molar-refractivity contribution < 1.29 is 14.7 Å². The summed E-state index contributed by atoms with van der Waals surface area (Å²) in [4.78, 5) is 32.4. The predicted molar refractivity (Wildman–Crippen MR) is 83.8 cm³/mol. The molecule has 0 atom stereocenters.